The third-order valence-electron chi connectivity index (χ3n) is 3.70. The molecule has 120 valence electrons. The summed E-state index contributed by atoms with van der Waals surface area (Å²) in [6, 6.07) is 5.56. The zero-order chi connectivity index (χ0) is 16.1. The smallest absolute Gasteiger partial charge is 0.406 e. The van der Waals surface area contributed by atoms with E-state index in [2.05, 4.69) is 10.2 Å². The Bertz CT molecular complexity index is 431. The maximum atomic E-state index is 12.1. The summed E-state index contributed by atoms with van der Waals surface area (Å²) in [5.41, 5.74) is 3.08. The number of nitrogens with two attached hydrogens (primary N) is 1. The minimum Gasteiger partial charge on any atom is -0.406 e. The fourth-order valence-corrected chi connectivity index (χ4v) is 2.05. The van der Waals surface area contributed by atoms with Crippen molar-refractivity contribution < 1.29 is 22.6 Å². The summed E-state index contributed by atoms with van der Waals surface area (Å²) in [6.07, 6.45) is -3.41. The molecule has 1 aromatic carbocycles. The zero-order valence-electron chi connectivity index (χ0n) is 12.3. The molecule has 1 rings (SSSR count). The summed E-state index contributed by atoms with van der Waals surface area (Å²) < 4.78 is 45.6. The monoisotopic (exact) mass is 306 g/mol. The molecule has 3 N–H and O–H groups in total. The molecule has 0 aliphatic carbocycles. The van der Waals surface area contributed by atoms with Gasteiger partial charge in [-0.15, -0.1) is 13.2 Å². The van der Waals surface area contributed by atoms with E-state index in [0.29, 0.717) is 6.42 Å². The number of hydrogen-bond donors (Lipinski definition) is 2. The third kappa shape index (κ3) is 5.18. The van der Waals surface area contributed by atoms with Gasteiger partial charge in [0.25, 0.3) is 0 Å². The van der Waals surface area contributed by atoms with Gasteiger partial charge in [-0.05, 0) is 37.5 Å². The van der Waals surface area contributed by atoms with Crippen molar-refractivity contribution in [1.29, 1.82) is 0 Å². The lowest BCUT2D eigenvalue weighted by Crippen LogP contribution is -2.53. The fraction of sp³-hybridized carbons (Fsp3) is 0.571. The zero-order valence-corrected chi connectivity index (χ0v) is 12.3. The number of alkyl halides is 3. The predicted molar refractivity (Wildman–Crippen MR) is 73.6 cm³/mol. The molecule has 21 heavy (non-hydrogen) atoms. The lowest BCUT2D eigenvalue weighted by Gasteiger charge is -2.35. The molecule has 0 aliphatic heterocycles. The largest absolute Gasteiger partial charge is 0.573 e. The SMILES string of the molecule is CCC(C)(OC)C(Cc1ccc(OC(F)(F)F)cc1)NN. The van der Waals surface area contributed by atoms with Gasteiger partial charge >= 0.3 is 6.36 Å². The van der Waals surface area contributed by atoms with Crippen LogP contribution in [-0.2, 0) is 11.2 Å². The van der Waals surface area contributed by atoms with E-state index in [0.717, 1.165) is 12.0 Å². The van der Waals surface area contributed by atoms with Gasteiger partial charge in [0, 0.05) is 7.11 Å². The van der Waals surface area contributed by atoms with Gasteiger partial charge in [-0.3, -0.25) is 11.3 Å². The quantitative estimate of drug-likeness (QED) is 0.601. The van der Waals surface area contributed by atoms with Gasteiger partial charge in [0.1, 0.15) is 5.75 Å². The lowest BCUT2D eigenvalue weighted by molar-refractivity contribution is -0.274. The summed E-state index contributed by atoms with van der Waals surface area (Å²) >= 11 is 0. The maximum Gasteiger partial charge on any atom is 0.573 e. The van der Waals surface area contributed by atoms with E-state index in [4.69, 9.17) is 10.6 Å². The Hall–Kier alpha value is -1.31. The van der Waals surface area contributed by atoms with Crippen LogP contribution in [-0.4, -0.2) is 25.1 Å². The van der Waals surface area contributed by atoms with Crippen LogP contribution in [0.2, 0.25) is 0 Å². The number of hydrazine groups is 1. The number of ether oxygens (including phenoxy) is 2. The van der Waals surface area contributed by atoms with Crippen LogP contribution in [0.1, 0.15) is 25.8 Å². The van der Waals surface area contributed by atoms with Crippen LogP contribution in [0.4, 0.5) is 13.2 Å². The molecule has 0 aliphatic rings. The van der Waals surface area contributed by atoms with Gasteiger partial charge in [0.05, 0.1) is 11.6 Å². The topological polar surface area (TPSA) is 56.5 Å². The molecule has 0 saturated heterocycles. The van der Waals surface area contributed by atoms with E-state index in [1.54, 1.807) is 19.2 Å². The van der Waals surface area contributed by atoms with Gasteiger partial charge in [-0.2, -0.15) is 0 Å². The predicted octanol–water partition coefficient (Wildman–Crippen LogP) is 2.77. The first-order valence-electron chi connectivity index (χ1n) is 6.60. The van der Waals surface area contributed by atoms with Crippen LogP contribution in [0.25, 0.3) is 0 Å². The normalized spacial score (nSPS) is 16.3. The van der Waals surface area contributed by atoms with Crippen LogP contribution in [0, 0.1) is 0 Å². The molecule has 4 nitrogen and oxygen atoms in total. The Kier molecular flexibility index (Phi) is 6.00. The van der Waals surface area contributed by atoms with Crippen LogP contribution in [0.5, 0.6) is 5.75 Å². The summed E-state index contributed by atoms with van der Waals surface area (Å²) in [6.45, 7) is 3.91. The van der Waals surface area contributed by atoms with Crippen molar-refractivity contribution in [2.75, 3.05) is 7.11 Å². The van der Waals surface area contributed by atoms with E-state index in [1.165, 1.54) is 12.1 Å². The Morgan fingerprint density at radius 3 is 2.19 bits per heavy atom. The highest BCUT2D eigenvalue weighted by atomic mass is 19.4. The number of benzene rings is 1. The van der Waals surface area contributed by atoms with Gasteiger partial charge in [-0.1, -0.05) is 19.1 Å². The van der Waals surface area contributed by atoms with Crippen molar-refractivity contribution >= 4 is 0 Å². The van der Waals surface area contributed by atoms with Crippen molar-refractivity contribution in [2.24, 2.45) is 5.84 Å². The summed E-state index contributed by atoms with van der Waals surface area (Å²) in [4.78, 5) is 0. The minimum absolute atomic E-state index is 0.165. The number of methoxy groups -OCH3 is 1. The van der Waals surface area contributed by atoms with Gasteiger partial charge in [0.2, 0.25) is 0 Å². The fourth-order valence-electron chi connectivity index (χ4n) is 2.05. The molecular formula is C14H21F3N2O2. The molecule has 2 atom stereocenters. The molecule has 0 aromatic heterocycles. The molecule has 0 saturated carbocycles. The first-order valence-corrected chi connectivity index (χ1v) is 6.60. The molecule has 0 spiro atoms. The van der Waals surface area contributed by atoms with Crippen LogP contribution in [0.15, 0.2) is 24.3 Å². The van der Waals surface area contributed by atoms with E-state index >= 15 is 0 Å². The average molecular weight is 306 g/mol. The Balaban J connectivity index is 2.78. The average Bonchev–Trinajstić information content (AvgIpc) is 2.44. The lowest BCUT2D eigenvalue weighted by atomic mass is 9.89. The minimum atomic E-state index is -4.68. The number of hydrogen-bond acceptors (Lipinski definition) is 4. The van der Waals surface area contributed by atoms with Crippen LogP contribution >= 0.6 is 0 Å². The van der Waals surface area contributed by atoms with Gasteiger partial charge < -0.3 is 9.47 Å². The number of halogens is 3. The molecule has 1 aromatic rings. The Morgan fingerprint density at radius 1 is 1.24 bits per heavy atom. The van der Waals surface area contributed by atoms with Crippen molar-refractivity contribution in [3.8, 4) is 5.75 Å². The van der Waals surface area contributed by atoms with Crippen molar-refractivity contribution in [3.63, 3.8) is 0 Å². The second-order valence-corrected chi connectivity index (χ2v) is 4.99. The first-order chi connectivity index (χ1) is 9.74. The highest BCUT2D eigenvalue weighted by Gasteiger charge is 2.32. The van der Waals surface area contributed by atoms with Crippen LogP contribution in [0.3, 0.4) is 0 Å². The molecule has 0 bridgehead atoms. The number of nitrogens with one attached hydrogen (secondary N) is 1. The molecule has 7 heteroatoms. The van der Waals surface area contributed by atoms with Crippen molar-refractivity contribution in [3.05, 3.63) is 29.8 Å². The molecule has 0 fully saturated rings. The van der Waals surface area contributed by atoms with E-state index in [-0.39, 0.29) is 11.8 Å². The second-order valence-electron chi connectivity index (χ2n) is 4.99. The second kappa shape index (κ2) is 7.11. The standard InChI is InChI=1S/C14H21F3N2O2/c1-4-13(2,20-3)12(19-18)9-10-5-7-11(8-6-10)21-14(15,16)17/h5-8,12,19H,4,9,18H2,1-3H3. The van der Waals surface area contributed by atoms with Crippen molar-refractivity contribution in [1.82, 2.24) is 5.43 Å². The molecule has 0 heterocycles. The van der Waals surface area contributed by atoms with Crippen molar-refractivity contribution in [2.45, 2.75) is 44.7 Å². The molecule has 0 amide bonds. The summed E-state index contributed by atoms with van der Waals surface area (Å²) in [5, 5.41) is 0. The molecule has 2 unspecified atom stereocenters. The van der Waals surface area contributed by atoms with Gasteiger partial charge in [0.15, 0.2) is 0 Å². The Morgan fingerprint density at radius 2 is 1.81 bits per heavy atom. The van der Waals surface area contributed by atoms with Crippen LogP contribution < -0.4 is 16.0 Å². The molecular weight excluding hydrogens is 285 g/mol. The van der Waals surface area contributed by atoms with E-state index in [1.807, 2.05) is 13.8 Å². The highest BCUT2D eigenvalue weighted by molar-refractivity contribution is 5.28. The summed E-state index contributed by atoms with van der Waals surface area (Å²) in [7, 11) is 1.61. The summed E-state index contributed by atoms with van der Waals surface area (Å²) in [5.74, 6) is 5.33. The first kappa shape index (κ1) is 17.7. The number of rotatable bonds is 7. The maximum absolute atomic E-state index is 12.1. The highest BCUT2D eigenvalue weighted by Crippen LogP contribution is 2.25. The Labute approximate surface area is 122 Å². The van der Waals surface area contributed by atoms with E-state index < -0.39 is 12.0 Å². The third-order valence-corrected chi connectivity index (χ3v) is 3.70. The van der Waals surface area contributed by atoms with E-state index in [9.17, 15) is 13.2 Å². The van der Waals surface area contributed by atoms with Gasteiger partial charge in [-0.25, -0.2) is 0 Å². The molecule has 0 radical (unpaired) electrons.